The van der Waals surface area contributed by atoms with Crippen LogP contribution >= 0.6 is 0 Å². The van der Waals surface area contributed by atoms with Gasteiger partial charge in [0.05, 0.1) is 0 Å². The SMILES string of the molecule is CCC(O)N(CC(C)(C)CO)C(O)CC. The van der Waals surface area contributed by atoms with E-state index in [1.54, 1.807) is 4.90 Å². The molecule has 0 bridgehead atoms. The molecule has 0 aromatic heterocycles. The number of rotatable bonds is 7. The molecule has 0 amide bonds. The monoisotopic (exact) mass is 219 g/mol. The van der Waals surface area contributed by atoms with Crippen LogP contribution in [0.15, 0.2) is 0 Å². The van der Waals surface area contributed by atoms with E-state index in [9.17, 15) is 10.2 Å². The number of nitrogens with zero attached hydrogens (tertiary/aromatic N) is 1. The first-order chi connectivity index (χ1) is 6.87. The minimum atomic E-state index is -0.647. The van der Waals surface area contributed by atoms with Gasteiger partial charge in [-0.15, -0.1) is 0 Å². The maximum Gasteiger partial charge on any atom is 0.109 e. The Hall–Kier alpha value is -0.160. The van der Waals surface area contributed by atoms with E-state index in [0.29, 0.717) is 19.4 Å². The fraction of sp³-hybridized carbons (Fsp3) is 1.00. The van der Waals surface area contributed by atoms with Crippen molar-refractivity contribution in [2.45, 2.75) is 53.0 Å². The van der Waals surface area contributed by atoms with Crippen molar-refractivity contribution in [1.82, 2.24) is 4.90 Å². The van der Waals surface area contributed by atoms with Crippen LogP contribution in [0.3, 0.4) is 0 Å². The molecule has 3 N–H and O–H groups in total. The van der Waals surface area contributed by atoms with Crippen molar-refractivity contribution in [2.24, 2.45) is 5.41 Å². The van der Waals surface area contributed by atoms with Gasteiger partial charge in [0.1, 0.15) is 12.5 Å². The summed E-state index contributed by atoms with van der Waals surface area (Å²) in [6.45, 7) is 8.07. The molecule has 0 saturated carbocycles. The van der Waals surface area contributed by atoms with E-state index < -0.39 is 12.5 Å². The Morgan fingerprint density at radius 2 is 1.47 bits per heavy atom. The predicted molar refractivity (Wildman–Crippen MR) is 60.2 cm³/mol. The summed E-state index contributed by atoms with van der Waals surface area (Å²) in [5.74, 6) is 0. The first-order valence-corrected chi connectivity index (χ1v) is 5.60. The van der Waals surface area contributed by atoms with Gasteiger partial charge in [-0.2, -0.15) is 0 Å². The fourth-order valence-electron chi connectivity index (χ4n) is 1.42. The summed E-state index contributed by atoms with van der Waals surface area (Å²) < 4.78 is 0. The third-order valence-electron chi connectivity index (χ3n) is 2.53. The maximum atomic E-state index is 9.76. The van der Waals surface area contributed by atoms with Crippen LogP contribution in [-0.4, -0.2) is 45.8 Å². The van der Waals surface area contributed by atoms with E-state index in [-0.39, 0.29) is 12.0 Å². The molecule has 0 aliphatic rings. The van der Waals surface area contributed by atoms with Crippen LogP contribution < -0.4 is 0 Å². The Morgan fingerprint density at radius 3 is 1.73 bits per heavy atom. The van der Waals surface area contributed by atoms with Gasteiger partial charge in [-0.25, -0.2) is 0 Å². The lowest BCUT2D eigenvalue weighted by molar-refractivity contribution is -0.122. The predicted octanol–water partition coefficient (Wildman–Crippen LogP) is 0.764. The first-order valence-electron chi connectivity index (χ1n) is 5.60. The Kier molecular flexibility index (Phi) is 6.36. The molecule has 15 heavy (non-hydrogen) atoms. The largest absolute Gasteiger partial charge is 0.396 e. The molecule has 0 saturated heterocycles. The van der Waals surface area contributed by atoms with Gasteiger partial charge in [0.2, 0.25) is 0 Å². The number of aliphatic hydroxyl groups excluding tert-OH is 3. The van der Waals surface area contributed by atoms with Gasteiger partial charge in [0, 0.05) is 18.6 Å². The Balaban J connectivity index is 4.50. The van der Waals surface area contributed by atoms with Crippen LogP contribution in [0.5, 0.6) is 0 Å². The second-order valence-corrected chi connectivity index (χ2v) is 4.77. The highest BCUT2D eigenvalue weighted by atomic mass is 16.3. The van der Waals surface area contributed by atoms with Gasteiger partial charge in [-0.3, -0.25) is 4.90 Å². The summed E-state index contributed by atoms with van der Waals surface area (Å²) >= 11 is 0. The Bertz CT molecular complexity index is 163. The molecule has 4 heteroatoms. The van der Waals surface area contributed by atoms with Gasteiger partial charge in [0.15, 0.2) is 0 Å². The van der Waals surface area contributed by atoms with Gasteiger partial charge >= 0.3 is 0 Å². The molecule has 0 fully saturated rings. The maximum absolute atomic E-state index is 9.76. The summed E-state index contributed by atoms with van der Waals surface area (Å²) in [5, 5.41) is 28.7. The van der Waals surface area contributed by atoms with Crippen LogP contribution in [0, 0.1) is 5.41 Å². The number of aliphatic hydroxyl groups is 3. The van der Waals surface area contributed by atoms with Crippen LogP contribution in [-0.2, 0) is 0 Å². The van der Waals surface area contributed by atoms with Crippen molar-refractivity contribution < 1.29 is 15.3 Å². The van der Waals surface area contributed by atoms with Gasteiger partial charge in [-0.1, -0.05) is 27.7 Å². The minimum absolute atomic E-state index is 0.0381. The molecule has 2 unspecified atom stereocenters. The molecule has 4 nitrogen and oxygen atoms in total. The molecule has 0 aromatic rings. The minimum Gasteiger partial charge on any atom is -0.396 e. The molecular formula is C11H25NO3. The van der Waals surface area contributed by atoms with Crippen molar-refractivity contribution in [3.8, 4) is 0 Å². The average Bonchev–Trinajstić information content (AvgIpc) is 2.23. The third kappa shape index (κ3) is 4.93. The van der Waals surface area contributed by atoms with Crippen molar-refractivity contribution >= 4 is 0 Å². The molecule has 0 heterocycles. The second-order valence-electron chi connectivity index (χ2n) is 4.77. The van der Waals surface area contributed by atoms with E-state index in [4.69, 9.17) is 5.11 Å². The van der Waals surface area contributed by atoms with Crippen molar-refractivity contribution in [3.63, 3.8) is 0 Å². The highest BCUT2D eigenvalue weighted by Gasteiger charge is 2.28. The van der Waals surface area contributed by atoms with E-state index in [1.807, 2.05) is 27.7 Å². The number of hydrogen-bond donors (Lipinski definition) is 3. The second kappa shape index (κ2) is 6.43. The van der Waals surface area contributed by atoms with Crippen molar-refractivity contribution in [3.05, 3.63) is 0 Å². The van der Waals surface area contributed by atoms with Crippen LogP contribution in [0.1, 0.15) is 40.5 Å². The highest BCUT2D eigenvalue weighted by molar-refractivity contribution is 4.75. The van der Waals surface area contributed by atoms with E-state index in [2.05, 4.69) is 0 Å². The molecule has 92 valence electrons. The molecular weight excluding hydrogens is 194 g/mol. The molecule has 0 spiro atoms. The molecule has 0 aliphatic heterocycles. The molecule has 2 atom stereocenters. The van der Waals surface area contributed by atoms with Crippen LogP contribution in [0.25, 0.3) is 0 Å². The Labute approximate surface area is 92.5 Å². The summed E-state index contributed by atoms with van der Waals surface area (Å²) in [7, 11) is 0. The summed E-state index contributed by atoms with van der Waals surface area (Å²) in [4.78, 5) is 1.64. The highest BCUT2D eigenvalue weighted by Crippen LogP contribution is 2.20. The standard InChI is InChI=1S/C11H25NO3/c1-5-9(14)12(10(15)6-2)7-11(3,4)8-13/h9-10,13-15H,5-8H2,1-4H3. The summed E-state index contributed by atoms with van der Waals surface area (Å²) in [6, 6.07) is 0. The lowest BCUT2D eigenvalue weighted by atomic mass is 9.93. The van der Waals surface area contributed by atoms with Gasteiger partial charge in [-0.05, 0) is 12.8 Å². The molecule has 0 rings (SSSR count). The smallest absolute Gasteiger partial charge is 0.109 e. The zero-order chi connectivity index (χ0) is 12.1. The van der Waals surface area contributed by atoms with Crippen molar-refractivity contribution in [1.29, 1.82) is 0 Å². The topological polar surface area (TPSA) is 63.9 Å². The Morgan fingerprint density at radius 1 is 1.07 bits per heavy atom. The van der Waals surface area contributed by atoms with E-state index in [0.717, 1.165) is 0 Å². The number of hydrogen-bond acceptors (Lipinski definition) is 4. The zero-order valence-corrected chi connectivity index (χ0v) is 10.3. The van der Waals surface area contributed by atoms with E-state index in [1.165, 1.54) is 0 Å². The quantitative estimate of drug-likeness (QED) is 0.553. The van der Waals surface area contributed by atoms with Gasteiger partial charge < -0.3 is 15.3 Å². The fourth-order valence-corrected chi connectivity index (χ4v) is 1.42. The van der Waals surface area contributed by atoms with Crippen LogP contribution in [0.4, 0.5) is 0 Å². The normalized spacial score (nSPS) is 16.8. The van der Waals surface area contributed by atoms with E-state index >= 15 is 0 Å². The lowest BCUT2D eigenvalue weighted by Crippen LogP contribution is -2.48. The summed E-state index contributed by atoms with van der Waals surface area (Å²) in [6.07, 6.45) is -0.159. The van der Waals surface area contributed by atoms with Gasteiger partial charge in [0.25, 0.3) is 0 Å². The average molecular weight is 219 g/mol. The molecule has 0 aliphatic carbocycles. The molecule has 0 radical (unpaired) electrons. The van der Waals surface area contributed by atoms with Crippen molar-refractivity contribution in [2.75, 3.05) is 13.2 Å². The summed E-state index contributed by atoms with van der Waals surface area (Å²) in [5.41, 5.74) is -0.313. The first kappa shape index (κ1) is 14.8. The van der Waals surface area contributed by atoms with Crippen LogP contribution in [0.2, 0.25) is 0 Å². The zero-order valence-electron chi connectivity index (χ0n) is 10.3. The lowest BCUT2D eigenvalue weighted by Gasteiger charge is -2.37. The molecule has 0 aromatic carbocycles. The third-order valence-corrected chi connectivity index (χ3v) is 2.53.